The highest BCUT2D eigenvalue weighted by atomic mass is 16.5. The first-order chi connectivity index (χ1) is 16.0. The number of phenolic OH excluding ortho intramolecular Hbond substituents is 1. The number of carbonyl (C=O) groups is 1. The fourth-order valence-electron chi connectivity index (χ4n) is 4.45. The van der Waals surface area contributed by atoms with E-state index in [1.165, 1.54) is 17.8 Å². The predicted molar refractivity (Wildman–Crippen MR) is 120 cm³/mol. The Kier molecular flexibility index (Phi) is 4.10. The average Bonchev–Trinajstić information content (AvgIpc) is 3.47. The third kappa shape index (κ3) is 2.91. The SMILES string of the molecule is CC(=O)C1=C(C)Oc2ncn3nc(-c4cc5ccccc5cc4O)nc3c2[C@H]1c1ccco1. The van der Waals surface area contributed by atoms with Crippen molar-refractivity contribution in [1.82, 2.24) is 19.6 Å². The van der Waals surface area contributed by atoms with Crippen molar-refractivity contribution in [3.05, 3.63) is 83.8 Å². The number of Topliss-reactive ketones (excluding diaryl/α,β-unsaturated/α-hetero) is 1. The monoisotopic (exact) mass is 438 g/mol. The average molecular weight is 438 g/mol. The van der Waals surface area contributed by atoms with Crippen LogP contribution in [0.5, 0.6) is 11.6 Å². The molecule has 8 nitrogen and oxygen atoms in total. The molecule has 1 N–H and O–H groups in total. The Morgan fingerprint density at radius 2 is 1.91 bits per heavy atom. The Hall–Kier alpha value is -4.46. The van der Waals surface area contributed by atoms with Gasteiger partial charge in [0.25, 0.3) is 0 Å². The van der Waals surface area contributed by atoms with Crippen molar-refractivity contribution in [2.24, 2.45) is 0 Å². The van der Waals surface area contributed by atoms with Gasteiger partial charge in [-0.3, -0.25) is 4.79 Å². The second-order valence-corrected chi connectivity index (χ2v) is 7.96. The number of ketones is 1. The number of ether oxygens (including phenoxy) is 1. The lowest BCUT2D eigenvalue weighted by Crippen LogP contribution is -2.21. The number of nitrogens with zero attached hydrogens (tertiary/aromatic N) is 4. The molecule has 0 aliphatic carbocycles. The molecule has 0 saturated heterocycles. The minimum Gasteiger partial charge on any atom is -0.507 e. The van der Waals surface area contributed by atoms with E-state index in [1.54, 1.807) is 25.3 Å². The van der Waals surface area contributed by atoms with Gasteiger partial charge in [0.05, 0.1) is 23.3 Å². The Morgan fingerprint density at radius 3 is 2.64 bits per heavy atom. The molecule has 8 heteroatoms. The summed E-state index contributed by atoms with van der Waals surface area (Å²) in [6, 6.07) is 14.9. The lowest BCUT2D eigenvalue weighted by atomic mass is 9.85. The molecule has 3 aromatic heterocycles. The smallest absolute Gasteiger partial charge is 0.228 e. The number of phenols is 1. The molecule has 1 aliphatic heterocycles. The second-order valence-electron chi connectivity index (χ2n) is 7.96. The van der Waals surface area contributed by atoms with Crippen LogP contribution in [-0.4, -0.2) is 30.5 Å². The van der Waals surface area contributed by atoms with Gasteiger partial charge in [-0.25, -0.2) is 14.5 Å². The van der Waals surface area contributed by atoms with Crippen LogP contribution in [0.4, 0.5) is 0 Å². The maximum absolute atomic E-state index is 12.6. The number of hydrogen-bond donors (Lipinski definition) is 1. The van der Waals surface area contributed by atoms with Crippen LogP contribution < -0.4 is 4.74 Å². The summed E-state index contributed by atoms with van der Waals surface area (Å²) < 4.78 is 13.1. The van der Waals surface area contributed by atoms with E-state index in [0.29, 0.717) is 45.6 Å². The molecular formula is C25H18N4O4. The van der Waals surface area contributed by atoms with E-state index in [4.69, 9.17) is 14.1 Å². The summed E-state index contributed by atoms with van der Waals surface area (Å²) >= 11 is 0. The largest absolute Gasteiger partial charge is 0.507 e. The molecule has 5 aromatic rings. The molecule has 162 valence electrons. The van der Waals surface area contributed by atoms with E-state index in [1.807, 2.05) is 36.4 Å². The van der Waals surface area contributed by atoms with E-state index in [-0.39, 0.29) is 11.5 Å². The number of aromatic nitrogens is 4. The lowest BCUT2D eigenvalue weighted by Gasteiger charge is -2.26. The van der Waals surface area contributed by atoms with Crippen molar-refractivity contribution >= 4 is 22.2 Å². The van der Waals surface area contributed by atoms with Crippen molar-refractivity contribution in [3.63, 3.8) is 0 Å². The Balaban J connectivity index is 1.60. The number of hydrogen-bond acceptors (Lipinski definition) is 7. The van der Waals surface area contributed by atoms with E-state index < -0.39 is 5.92 Å². The van der Waals surface area contributed by atoms with Gasteiger partial charge in [-0.1, -0.05) is 24.3 Å². The summed E-state index contributed by atoms with van der Waals surface area (Å²) in [4.78, 5) is 21.7. The summed E-state index contributed by atoms with van der Waals surface area (Å²) in [7, 11) is 0. The maximum Gasteiger partial charge on any atom is 0.228 e. The minimum atomic E-state index is -0.542. The number of fused-ring (bicyclic) bond motifs is 4. The van der Waals surface area contributed by atoms with Gasteiger partial charge in [0, 0.05) is 5.57 Å². The molecule has 0 saturated carbocycles. The molecule has 0 radical (unpaired) electrons. The molecule has 0 spiro atoms. The minimum absolute atomic E-state index is 0.0745. The molecule has 6 rings (SSSR count). The van der Waals surface area contributed by atoms with E-state index in [2.05, 4.69) is 10.1 Å². The first-order valence-corrected chi connectivity index (χ1v) is 10.4. The molecule has 1 atom stereocenters. The Labute approximate surface area is 187 Å². The number of carbonyl (C=O) groups excluding carboxylic acids is 1. The number of benzene rings is 2. The molecule has 1 aliphatic rings. The summed E-state index contributed by atoms with van der Waals surface area (Å²) in [6.07, 6.45) is 3.07. The fraction of sp³-hybridized carbons (Fsp3) is 0.120. The van der Waals surface area contributed by atoms with Crippen molar-refractivity contribution < 1.29 is 19.1 Å². The summed E-state index contributed by atoms with van der Waals surface area (Å²) in [5.74, 6) is 1.13. The van der Waals surface area contributed by atoms with Gasteiger partial charge in [-0.2, -0.15) is 0 Å². The van der Waals surface area contributed by atoms with Gasteiger partial charge in [-0.15, -0.1) is 5.10 Å². The third-order valence-corrected chi connectivity index (χ3v) is 5.91. The lowest BCUT2D eigenvalue weighted by molar-refractivity contribution is -0.114. The molecule has 4 heterocycles. The number of furan rings is 1. The Bertz CT molecular complexity index is 1600. The van der Waals surface area contributed by atoms with Gasteiger partial charge in [0.15, 0.2) is 17.3 Å². The predicted octanol–water partition coefficient (Wildman–Crippen LogP) is 4.63. The topological polar surface area (TPSA) is 103 Å². The molecule has 0 amide bonds. The van der Waals surface area contributed by atoms with Gasteiger partial charge in [0.1, 0.15) is 23.6 Å². The highest BCUT2D eigenvalue weighted by Gasteiger charge is 2.37. The molecule has 0 unspecified atom stereocenters. The number of aromatic hydroxyl groups is 1. The molecule has 2 aromatic carbocycles. The first kappa shape index (κ1) is 19.2. The zero-order chi connectivity index (χ0) is 22.7. The highest BCUT2D eigenvalue weighted by Crippen LogP contribution is 2.44. The van der Waals surface area contributed by atoms with Crippen molar-refractivity contribution in [2.45, 2.75) is 19.8 Å². The first-order valence-electron chi connectivity index (χ1n) is 10.4. The molecule has 0 fully saturated rings. The second kappa shape index (κ2) is 7.03. The standard InChI is InChI=1S/C25H18N4O4/c1-13(30)20-14(2)33-25-22(21(20)19-8-5-9-32-19)24-27-23(28-29(24)12-26-25)17-10-15-6-3-4-7-16(15)11-18(17)31/h3-12,21,31H,1-2H3/t21-/m0/s1. The zero-order valence-corrected chi connectivity index (χ0v) is 17.8. The Morgan fingerprint density at radius 1 is 1.12 bits per heavy atom. The van der Waals surface area contributed by atoms with Crippen molar-refractivity contribution in [1.29, 1.82) is 0 Å². The van der Waals surface area contributed by atoms with Gasteiger partial charge in [0.2, 0.25) is 5.88 Å². The van der Waals surface area contributed by atoms with Crippen LogP contribution in [0.2, 0.25) is 0 Å². The third-order valence-electron chi connectivity index (χ3n) is 5.91. The summed E-state index contributed by atoms with van der Waals surface area (Å²) in [5.41, 5.74) is 2.03. The molecule has 33 heavy (non-hydrogen) atoms. The quantitative estimate of drug-likeness (QED) is 0.438. The van der Waals surface area contributed by atoms with E-state index in [0.717, 1.165) is 10.8 Å². The maximum atomic E-state index is 12.6. The van der Waals surface area contributed by atoms with Crippen LogP contribution in [0.25, 0.3) is 27.8 Å². The van der Waals surface area contributed by atoms with Crippen molar-refractivity contribution in [3.8, 4) is 23.0 Å². The molecule has 0 bridgehead atoms. The van der Waals surface area contributed by atoms with E-state index >= 15 is 0 Å². The van der Waals surface area contributed by atoms with Crippen LogP contribution in [0.1, 0.15) is 31.1 Å². The number of allylic oxidation sites excluding steroid dienone is 2. The van der Waals surface area contributed by atoms with Gasteiger partial charge in [-0.05, 0) is 48.9 Å². The van der Waals surface area contributed by atoms with E-state index in [9.17, 15) is 9.90 Å². The van der Waals surface area contributed by atoms with Crippen molar-refractivity contribution in [2.75, 3.05) is 0 Å². The van der Waals surface area contributed by atoms with Crippen LogP contribution in [-0.2, 0) is 4.79 Å². The van der Waals surface area contributed by atoms with Crippen LogP contribution in [0.3, 0.4) is 0 Å². The summed E-state index contributed by atoms with van der Waals surface area (Å²) in [5, 5.41) is 17.1. The zero-order valence-electron chi connectivity index (χ0n) is 17.8. The fourth-order valence-corrected chi connectivity index (χ4v) is 4.45. The van der Waals surface area contributed by atoms with Crippen LogP contribution >= 0.6 is 0 Å². The van der Waals surface area contributed by atoms with Gasteiger partial charge < -0.3 is 14.3 Å². The van der Waals surface area contributed by atoms with Crippen LogP contribution in [0, 0.1) is 0 Å². The number of rotatable bonds is 3. The summed E-state index contributed by atoms with van der Waals surface area (Å²) in [6.45, 7) is 3.24. The molecular weight excluding hydrogens is 420 g/mol. The van der Waals surface area contributed by atoms with Gasteiger partial charge >= 0.3 is 0 Å². The normalized spacial score (nSPS) is 15.6. The highest BCUT2D eigenvalue weighted by molar-refractivity contribution is 5.97. The van der Waals surface area contributed by atoms with Crippen LogP contribution in [0.15, 0.2) is 76.9 Å².